The van der Waals surface area contributed by atoms with Gasteiger partial charge in [0, 0.05) is 42.8 Å². The lowest BCUT2D eigenvalue weighted by atomic mass is 10.00. The number of sulfonamides is 1. The highest BCUT2D eigenvalue weighted by atomic mass is 32.2. The number of hydrogen-bond acceptors (Lipinski definition) is 3. The zero-order valence-corrected chi connectivity index (χ0v) is 16.0. The van der Waals surface area contributed by atoms with Crippen LogP contribution in [0.5, 0.6) is 0 Å². The van der Waals surface area contributed by atoms with E-state index >= 15 is 0 Å². The van der Waals surface area contributed by atoms with Crippen LogP contribution in [-0.4, -0.2) is 40.6 Å². The minimum atomic E-state index is -3.53. The molecule has 0 bridgehead atoms. The Labute approximate surface area is 153 Å². The quantitative estimate of drug-likeness (QED) is 0.770. The van der Waals surface area contributed by atoms with Crippen LogP contribution in [0.25, 0.3) is 16.5 Å². The van der Waals surface area contributed by atoms with Gasteiger partial charge in [0.25, 0.3) is 0 Å². The normalized spacial score (nSPS) is 16.2. The molecule has 0 aliphatic carbocycles. The van der Waals surface area contributed by atoms with E-state index in [4.69, 9.17) is 0 Å². The van der Waals surface area contributed by atoms with E-state index < -0.39 is 10.0 Å². The van der Waals surface area contributed by atoms with Crippen LogP contribution in [0.15, 0.2) is 41.4 Å². The van der Waals surface area contributed by atoms with Crippen molar-refractivity contribution in [3.63, 3.8) is 0 Å². The molecule has 3 aromatic rings. The Bertz CT molecular complexity index is 1100. The Balaban J connectivity index is 1.66. The molecule has 1 N–H and O–H groups in total. The van der Waals surface area contributed by atoms with Crippen LogP contribution in [0, 0.1) is 13.8 Å². The van der Waals surface area contributed by atoms with Crippen molar-refractivity contribution in [1.29, 1.82) is 0 Å². The molecule has 7 heteroatoms. The molecule has 2 aromatic heterocycles. The first-order valence-corrected chi connectivity index (χ1v) is 10.1. The lowest BCUT2D eigenvalue weighted by Gasteiger charge is -2.26. The molecular weight excluding hydrogens is 348 g/mol. The molecule has 1 aliphatic rings. The Morgan fingerprint density at radius 2 is 1.96 bits per heavy atom. The molecule has 0 spiro atoms. The summed E-state index contributed by atoms with van der Waals surface area (Å²) in [7, 11) is -1.50. The molecule has 1 aromatic carbocycles. The van der Waals surface area contributed by atoms with Crippen LogP contribution in [0.1, 0.15) is 23.4 Å². The van der Waals surface area contributed by atoms with Gasteiger partial charge in [0.1, 0.15) is 4.90 Å². The molecular formula is C19H22N4O2S. The van der Waals surface area contributed by atoms with Crippen molar-refractivity contribution >= 4 is 26.5 Å². The van der Waals surface area contributed by atoms with Gasteiger partial charge in [0.15, 0.2) is 0 Å². The van der Waals surface area contributed by atoms with Gasteiger partial charge in [-0.1, -0.05) is 24.3 Å². The molecule has 0 amide bonds. The molecule has 0 saturated heterocycles. The molecule has 4 rings (SSSR count). The Morgan fingerprint density at radius 3 is 2.62 bits per heavy atom. The van der Waals surface area contributed by atoms with Crippen molar-refractivity contribution in [1.82, 2.24) is 19.1 Å². The number of aromatic amines is 1. The fourth-order valence-electron chi connectivity index (χ4n) is 3.76. The number of aromatic nitrogens is 3. The highest BCUT2D eigenvalue weighted by Crippen LogP contribution is 2.32. The summed E-state index contributed by atoms with van der Waals surface area (Å²) >= 11 is 0. The van der Waals surface area contributed by atoms with Crippen LogP contribution < -0.4 is 0 Å². The molecule has 0 unspecified atom stereocenters. The third-order valence-electron chi connectivity index (χ3n) is 5.07. The fourth-order valence-corrected chi connectivity index (χ4v) is 5.47. The number of nitrogens with one attached hydrogen (secondary N) is 1. The molecule has 0 fully saturated rings. The highest BCUT2D eigenvalue weighted by molar-refractivity contribution is 7.89. The average molecular weight is 370 g/mol. The van der Waals surface area contributed by atoms with Gasteiger partial charge >= 0.3 is 0 Å². The third kappa shape index (κ3) is 2.59. The number of hydrogen-bond donors (Lipinski definition) is 1. The number of benzene rings is 1. The second-order valence-electron chi connectivity index (χ2n) is 6.78. The Hall–Kier alpha value is -2.38. The van der Waals surface area contributed by atoms with Gasteiger partial charge in [0.2, 0.25) is 10.0 Å². The van der Waals surface area contributed by atoms with Gasteiger partial charge in [-0.25, -0.2) is 8.42 Å². The van der Waals surface area contributed by atoms with Crippen LogP contribution in [0.4, 0.5) is 0 Å². The number of H-pyrrole nitrogens is 1. The van der Waals surface area contributed by atoms with E-state index in [2.05, 4.69) is 33.1 Å². The summed E-state index contributed by atoms with van der Waals surface area (Å²) in [6.07, 6.45) is 4.86. The molecule has 1 aliphatic heterocycles. The van der Waals surface area contributed by atoms with E-state index in [1.165, 1.54) is 26.3 Å². The van der Waals surface area contributed by atoms with Crippen LogP contribution >= 0.6 is 0 Å². The highest BCUT2D eigenvalue weighted by Gasteiger charge is 2.31. The summed E-state index contributed by atoms with van der Waals surface area (Å²) < 4.78 is 29.6. The minimum Gasteiger partial charge on any atom is -0.350 e. The maximum absolute atomic E-state index is 13.0. The molecule has 26 heavy (non-hydrogen) atoms. The lowest BCUT2D eigenvalue weighted by molar-refractivity contribution is 0.440. The van der Waals surface area contributed by atoms with E-state index in [1.54, 1.807) is 13.8 Å². The summed E-state index contributed by atoms with van der Waals surface area (Å²) in [6, 6.07) is 8.29. The third-order valence-corrected chi connectivity index (χ3v) is 7.20. The number of aryl methyl sites for hydroxylation is 3. The van der Waals surface area contributed by atoms with E-state index in [0.29, 0.717) is 35.8 Å². The summed E-state index contributed by atoms with van der Waals surface area (Å²) in [5.41, 5.74) is 4.69. The first-order chi connectivity index (χ1) is 12.4. The minimum absolute atomic E-state index is 0.305. The van der Waals surface area contributed by atoms with E-state index in [1.807, 2.05) is 25.3 Å². The van der Waals surface area contributed by atoms with Gasteiger partial charge in [0.05, 0.1) is 11.4 Å². The Kier molecular flexibility index (Phi) is 4.00. The molecule has 0 radical (unpaired) electrons. The van der Waals surface area contributed by atoms with Crippen molar-refractivity contribution < 1.29 is 8.42 Å². The molecule has 3 heterocycles. The predicted octanol–water partition coefficient (Wildman–Crippen LogP) is 3.00. The zero-order valence-electron chi connectivity index (χ0n) is 15.2. The number of nitrogens with zero attached hydrogens (tertiary/aromatic N) is 3. The Morgan fingerprint density at radius 1 is 1.19 bits per heavy atom. The lowest BCUT2D eigenvalue weighted by Crippen LogP contribution is -2.35. The monoisotopic (exact) mass is 370 g/mol. The second kappa shape index (κ2) is 6.10. The molecule has 0 saturated carbocycles. The van der Waals surface area contributed by atoms with Gasteiger partial charge < -0.3 is 4.57 Å². The van der Waals surface area contributed by atoms with E-state index in [0.717, 1.165) is 0 Å². The van der Waals surface area contributed by atoms with Crippen molar-refractivity contribution in [2.24, 2.45) is 7.05 Å². The van der Waals surface area contributed by atoms with E-state index in [-0.39, 0.29) is 0 Å². The standard InChI is InChI=1S/C19H22N4O2S/c1-13-19(14(2)21-20-13)26(24,25)23-10-8-15(9-11-23)17-12-22(3)18-7-5-4-6-16(17)18/h4-8,12H,9-11H2,1-3H3,(H,20,21). The zero-order chi connectivity index (χ0) is 18.5. The van der Waals surface area contributed by atoms with Gasteiger partial charge in [-0.05, 0) is 31.9 Å². The first-order valence-electron chi connectivity index (χ1n) is 8.65. The van der Waals surface area contributed by atoms with Crippen molar-refractivity contribution in [2.75, 3.05) is 13.1 Å². The number of para-hydroxylation sites is 1. The number of rotatable bonds is 3. The van der Waals surface area contributed by atoms with Crippen LogP contribution in [0.2, 0.25) is 0 Å². The summed E-state index contributed by atoms with van der Waals surface area (Å²) in [4.78, 5) is 0.305. The SMILES string of the molecule is Cc1n[nH]c(C)c1S(=O)(=O)N1CC=C(c2cn(C)c3ccccc23)CC1. The topological polar surface area (TPSA) is 71.0 Å². The van der Waals surface area contributed by atoms with Crippen molar-refractivity contribution in [3.05, 3.63) is 53.5 Å². The molecule has 136 valence electrons. The summed E-state index contributed by atoms with van der Waals surface area (Å²) in [6.45, 7) is 4.32. The van der Waals surface area contributed by atoms with Gasteiger partial charge in [-0.15, -0.1) is 0 Å². The molecule has 0 atom stereocenters. The smallest absolute Gasteiger partial charge is 0.247 e. The summed E-state index contributed by atoms with van der Waals surface area (Å²) in [5.74, 6) is 0. The largest absolute Gasteiger partial charge is 0.350 e. The molecule has 6 nitrogen and oxygen atoms in total. The maximum Gasteiger partial charge on any atom is 0.247 e. The van der Waals surface area contributed by atoms with Gasteiger partial charge in [-0.3, -0.25) is 5.10 Å². The van der Waals surface area contributed by atoms with Crippen molar-refractivity contribution in [2.45, 2.75) is 25.2 Å². The van der Waals surface area contributed by atoms with Gasteiger partial charge in [-0.2, -0.15) is 9.40 Å². The second-order valence-corrected chi connectivity index (χ2v) is 8.65. The predicted molar refractivity (Wildman–Crippen MR) is 102 cm³/mol. The fraction of sp³-hybridized carbons (Fsp3) is 0.316. The average Bonchev–Trinajstić information content (AvgIpc) is 3.15. The van der Waals surface area contributed by atoms with E-state index in [9.17, 15) is 8.42 Å². The van der Waals surface area contributed by atoms with Crippen LogP contribution in [-0.2, 0) is 17.1 Å². The number of fused-ring (bicyclic) bond motifs is 1. The van der Waals surface area contributed by atoms with Crippen molar-refractivity contribution in [3.8, 4) is 0 Å². The summed E-state index contributed by atoms with van der Waals surface area (Å²) in [5, 5.41) is 8.00. The first kappa shape index (κ1) is 17.1. The maximum atomic E-state index is 13.0. The van der Waals surface area contributed by atoms with Crippen LogP contribution in [0.3, 0.4) is 0 Å².